The van der Waals surface area contributed by atoms with E-state index in [0.29, 0.717) is 21.6 Å². The second-order valence-electron chi connectivity index (χ2n) is 8.55. The van der Waals surface area contributed by atoms with Crippen molar-refractivity contribution >= 4 is 52.2 Å². The van der Waals surface area contributed by atoms with Gasteiger partial charge in [-0.2, -0.15) is 0 Å². The van der Waals surface area contributed by atoms with Gasteiger partial charge in [0.1, 0.15) is 10.8 Å². The van der Waals surface area contributed by atoms with Crippen LogP contribution in [0, 0.1) is 5.41 Å². The Morgan fingerprint density at radius 2 is 1.84 bits per heavy atom. The van der Waals surface area contributed by atoms with Gasteiger partial charge in [-0.15, -0.1) is 0 Å². The number of nitrogens with two attached hydrogens (primary N) is 3. The van der Waals surface area contributed by atoms with E-state index in [1.807, 2.05) is 24.4 Å². The molecule has 1 spiro atoms. The predicted octanol–water partition coefficient (Wildman–Crippen LogP) is 4.94. The highest BCUT2D eigenvalue weighted by Gasteiger charge is 2.46. The summed E-state index contributed by atoms with van der Waals surface area (Å²) in [4.78, 5) is 11.7. The number of benzene rings is 1. The van der Waals surface area contributed by atoms with Crippen LogP contribution < -0.4 is 22.1 Å². The molecule has 3 aromatic rings. The lowest BCUT2D eigenvalue weighted by molar-refractivity contribution is 0.187. The lowest BCUT2D eigenvalue weighted by atomic mass is 9.73. The topological polar surface area (TPSA) is 107 Å². The maximum atomic E-state index is 6.71. The molecule has 1 aliphatic heterocycles. The van der Waals surface area contributed by atoms with E-state index in [1.54, 1.807) is 12.3 Å². The van der Waals surface area contributed by atoms with Gasteiger partial charge in [0.25, 0.3) is 0 Å². The molecule has 2 aromatic heterocycles. The molecule has 6 nitrogen and oxygen atoms in total. The van der Waals surface area contributed by atoms with Gasteiger partial charge in [-0.05, 0) is 60.1 Å². The third-order valence-electron chi connectivity index (χ3n) is 6.72. The van der Waals surface area contributed by atoms with Crippen molar-refractivity contribution in [2.45, 2.75) is 35.2 Å². The first kappa shape index (κ1) is 21.6. The number of hydrogen-bond donors (Lipinski definition) is 3. The van der Waals surface area contributed by atoms with Crippen LogP contribution in [0.2, 0.25) is 10.0 Å². The first-order valence-corrected chi connectivity index (χ1v) is 12.1. The zero-order valence-electron chi connectivity index (χ0n) is 17.4. The van der Waals surface area contributed by atoms with Crippen LogP contribution in [0.1, 0.15) is 30.0 Å². The summed E-state index contributed by atoms with van der Waals surface area (Å²) < 4.78 is 0. The molecule has 2 aliphatic rings. The fraction of sp³-hybridized carbons (Fsp3) is 0.304. The van der Waals surface area contributed by atoms with E-state index < -0.39 is 0 Å². The summed E-state index contributed by atoms with van der Waals surface area (Å²) in [5, 5.41) is 1.86. The Morgan fingerprint density at radius 3 is 2.59 bits per heavy atom. The Labute approximate surface area is 201 Å². The molecule has 32 heavy (non-hydrogen) atoms. The van der Waals surface area contributed by atoms with Gasteiger partial charge in [0, 0.05) is 35.2 Å². The molecule has 6 N–H and O–H groups in total. The van der Waals surface area contributed by atoms with E-state index in [9.17, 15) is 0 Å². The number of piperidine rings is 1. The molecule has 0 amide bonds. The van der Waals surface area contributed by atoms with Crippen molar-refractivity contribution in [1.82, 2.24) is 9.97 Å². The first-order chi connectivity index (χ1) is 15.4. The zero-order chi connectivity index (χ0) is 22.5. The Kier molecular flexibility index (Phi) is 5.61. The van der Waals surface area contributed by atoms with E-state index in [2.05, 4.69) is 20.9 Å². The monoisotopic (exact) mass is 486 g/mol. The summed E-state index contributed by atoms with van der Waals surface area (Å²) in [7, 11) is 0. The number of hydrogen-bond acceptors (Lipinski definition) is 7. The number of nitrogens with zero attached hydrogens (tertiary/aromatic N) is 3. The second-order valence-corrected chi connectivity index (χ2v) is 10.4. The van der Waals surface area contributed by atoms with Crippen LogP contribution in [0.4, 0.5) is 17.2 Å². The molecule has 1 aromatic carbocycles. The Bertz CT molecular complexity index is 1180. The molecule has 0 radical (unpaired) electrons. The van der Waals surface area contributed by atoms with Crippen molar-refractivity contribution in [3.8, 4) is 0 Å². The van der Waals surface area contributed by atoms with Gasteiger partial charge in [-0.25, -0.2) is 9.97 Å². The molecule has 1 saturated heterocycles. The lowest BCUT2D eigenvalue weighted by Gasteiger charge is -2.43. The Hall–Kier alpha value is -2.19. The average molecular weight is 487 g/mol. The number of halogens is 2. The SMILES string of the molecule is Nc1cc(N2CCC3(CC2)Cc2ccc(Cl)cc2[C@H]3N)cnc1Sc1ccnc(N)c1Cl. The number of anilines is 3. The molecule has 0 unspecified atom stereocenters. The largest absolute Gasteiger partial charge is 0.396 e. The lowest BCUT2D eigenvalue weighted by Crippen LogP contribution is -2.44. The molecule has 0 saturated carbocycles. The van der Waals surface area contributed by atoms with Crippen LogP contribution in [0.5, 0.6) is 0 Å². The van der Waals surface area contributed by atoms with Crippen LogP contribution >= 0.6 is 35.0 Å². The number of aromatic nitrogens is 2. The van der Waals surface area contributed by atoms with Gasteiger partial charge in [0.15, 0.2) is 0 Å². The highest BCUT2D eigenvalue weighted by molar-refractivity contribution is 7.99. The number of rotatable bonds is 3. The van der Waals surface area contributed by atoms with E-state index in [-0.39, 0.29) is 11.5 Å². The molecule has 0 bridgehead atoms. The number of pyridine rings is 2. The summed E-state index contributed by atoms with van der Waals surface area (Å²) in [6, 6.07) is 9.93. The standard InChI is InChI=1S/C23H24Cl2N6S/c24-14-2-1-13-11-23(20(27)16(13)9-14)4-7-31(8-5-23)15-10-17(26)22(30-12-15)32-18-3-6-29-21(28)19(18)25/h1-3,6,9-10,12,20H,4-5,7-8,11,26-27H2,(H2,28,29)/t20-/m1/s1. The van der Waals surface area contributed by atoms with E-state index in [1.165, 1.54) is 22.9 Å². The summed E-state index contributed by atoms with van der Waals surface area (Å²) in [6.07, 6.45) is 6.54. The molecular weight excluding hydrogens is 463 g/mol. The highest BCUT2D eigenvalue weighted by Crippen LogP contribution is 2.51. The molecule has 166 valence electrons. The van der Waals surface area contributed by atoms with Gasteiger partial charge in [-0.1, -0.05) is 41.0 Å². The molecule has 1 aliphatic carbocycles. The summed E-state index contributed by atoms with van der Waals surface area (Å²) in [6.45, 7) is 1.82. The third kappa shape index (κ3) is 3.77. The van der Waals surface area contributed by atoms with Crippen molar-refractivity contribution < 1.29 is 0 Å². The Morgan fingerprint density at radius 1 is 1.06 bits per heavy atom. The minimum Gasteiger partial charge on any atom is -0.396 e. The van der Waals surface area contributed by atoms with Gasteiger partial charge in [-0.3, -0.25) is 0 Å². The molecule has 3 heterocycles. The fourth-order valence-corrected chi connectivity index (χ4v) is 6.10. The van der Waals surface area contributed by atoms with Crippen molar-refractivity contribution in [2.24, 2.45) is 11.1 Å². The maximum absolute atomic E-state index is 6.71. The van der Waals surface area contributed by atoms with Gasteiger partial charge in [0.2, 0.25) is 0 Å². The van der Waals surface area contributed by atoms with Gasteiger partial charge < -0.3 is 22.1 Å². The van der Waals surface area contributed by atoms with Gasteiger partial charge >= 0.3 is 0 Å². The first-order valence-electron chi connectivity index (χ1n) is 10.5. The molecule has 1 atom stereocenters. The molecule has 5 rings (SSSR count). The smallest absolute Gasteiger partial charge is 0.143 e. The average Bonchev–Trinajstić information content (AvgIpc) is 3.04. The van der Waals surface area contributed by atoms with Crippen LogP contribution in [0.15, 0.2) is 52.6 Å². The molecular formula is C23H24Cl2N6S. The third-order valence-corrected chi connectivity index (χ3v) is 8.56. The Balaban J connectivity index is 1.29. The van der Waals surface area contributed by atoms with E-state index >= 15 is 0 Å². The van der Waals surface area contributed by atoms with Crippen LogP contribution in [0.3, 0.4) is 0 Å². The zero-order valence-corrected chi connectivity index (χ0v) is 19.7. The van der Waals surface area contributed by atoms with Crippen molar-refractivity contribution in [2.75, 3.05) is 29.5 Å². The minimum absolute atomic E-state index is 0.0258. The van der Waals surface area contributed by atoms with E-state index in [0.717, 1.165) is 48.0 Å². The normalized spacial score (nSPS) is 19.3. The van der Waals surface area contributed by atoms with Crippen molar-refractivity contribution in [3.05, 3.63) is 63.9 Å². The molecule has 1 fully saturated rings. The highest BCUT2D eigenvalue weighted by atomic mass is 35.5. The van der Waals surface area contributed by atoms with Gasteiger partial charge in [0.05, 0.1) is 22.6 Å². The predicted molar refractivity (Wildman–Crippen MR) is 132 cm³/mol. The van der Waals surface area contributed by atoms with Crippen molar-refractivity contribution in [3.63, 3.8) is 0 Å². The molecule has 9 heteroatoms. The number of fused-ring (bicyclic) bond motifs is 1. The fourth-order valence-electron chi connectivity index (χ4n) is 4.87. The summed E-state index contributed by atoms with van der Waals surface area (Å²) in [5.74, 6) is 0.295. The summed E-state index contributed by atoms with van der Waals surface area (Å²) in [5.41, 5.74) is 23.1. The number of nitrogen functional groups attached to an aromatic ring is 2. The second kappa shape index (κ2) is 8.30. The van der Waals surface area contributed by atoms with Crippen molar-refractivity contribution in [1.29, 1.82) is 0 Å². The van der Waals surface area contributed by atoms with E-state index in [4.69, 9.17) is 40.4 Å². The van der Waals surface area contributed by atoms with Crippen LogP contribution in [0.25, 0.3) is 0 Å². The maximum Gasteiger partial charge on any atom is 0.143 e. The quantitative estimate of drug-likeness (QED) is 0.480. The minimum atomic E-state index is 0.0258. The van der Waals surface area contributed by atoms with Crippen LogP contribution in [-0.4, -0.2) is 23.1 Å². The summed E-state index contributed by atoms with van der Waals surface area (Å²) >= 11 is 13.9. The van der Waals surface area contributed by atoms with Crippen LogP contribution in [-0.2, 0) is 6.42 Å².